The van der Waals surface area contributed by atoms with Crippen molar-refractivity contribution in [1.29, 1.82) is 0 Å². The fourth-order valence-corrected chi connectivity index (χ4v) is 2.92. The van der Waals surface area contributed by atoms with Gasteiger partial charge >= 0.3 is 0 Å². The maximum Gasteiger partial charge on any atom is 0.272 e. The fourth-order valence-electron chi connectivity index (χ4n) is 2.92. The van der Waals surface area contributed by atoms with Gasteiger partial charge in [0.05, 0.1) is 0 Å². The van der Waals surface area contributed by atoms with Crippen LogP contribution >= 0.6 is 0 Å². The van der Waals surface area contributed by atoms with E-state index in [0.29, 0.717) is 37.8 Å². The Bertz CT molecular complexity index is 729. The summed E-state index contributed by atoms with van der Waals surface area (Å²) in [5, 5.41) is 3.15. The SMILES string of the molecule is CCCCNc1nccc(C(=O)N2CCN(c3ccc(F)cc3)CC2)n1. The van der Waals surface area contributed by atoms with Crippen molar-refractivity contribution in [3.63, 3.8) is 0 Å². The van der Waals surface area contributed by atoms with E-state index in [2.05, 4.69) is 27.1 Å². The van der Waals surface area contributed by atoms with E-state index < -0.39 is 0 Å². The van der Waals surface area contributed by atoms with E-state index in [-0.39, 0.29) is 11.7 Å². The van der Waals surface area contributed by atoms with E-state index in [1.807, 2.05) is 0 Å². The molecule has 1 amide bonds. The molecule has 1 saturated heterocycles. The molecule has 0 aliphatic carbocycles. The Morgan fingerprint density at radius 1 is 1.15 bits per heavy atom. The van der Waals surface area contributed by atoms with Crippen LogP contribution in [0.3, 0.4) is 0 Å². The van der Waals surface area contributed by atoms with Crippen molar-refractivity contribution >= 4 is 17.5 Å². The first-order valence-corrected chi connectivity index (χ1v) is 9.04. The average molecular weight is 357 g/mol. The molecule has 2 heterocycles. The fraction of sp³-hybridized carbons (Fsp3) is 0.421. The summed E-state index contributed by atoms with van der Waals surface area (Å²) >= 11 is 0. The van der Waals surface area contributed by atoms with Crippen molar-refractivity contribution in [2.24, 2.45) is 0 Å². The van der Waals surface area contributed by atoms with Crippen molar-refractivity contribution in [2.45, 2.75) is 19.8 Å². The van der Waals surface area contributed by atoms with Gasteiger partial charge in [0.25, 0.3) is 5.91 Å². The number of anilines is 2. The maximum absolute atomic E-state index is 13.1. The minimum atomic E-state index is -0.241. The summed E-state index contributed by atoms with van der Waals surface area (Å²) in [6.45, 7) is 5.56. The number of hydrogen-bond acceptors (Lipinski definition) is 5. The third-order valence-corrected chi connectivity index (χ3v) is 4.45. The van der Waals surface area contributed by atoms with Crippen LogP contribution in [0.15, 0.2) is 36.5 Å². The molecule has 0 atom stereocenters. The Hall–Kier alpha value is -2.70. The molecule has 0 spiro atoms. The Morgan fingerprint density at radius 3 is 2.58 bits per heavy atom. The topological polar surface area (TPSA) is 61.4 Å². The molecule has 1 aliphatic rings. The van der Waals surface area contributed by atoms with Crippen molar-refractivity contribution in [3.05, 3.63) is 48.0 Å². The molecular weight excluding hydrogens is 333 g/mol. The monoisotopic (exact) mass is 357 g/mol. The number of rotatable bonds is 6. The van der Waals surface area contributed by atoms with Gasteiger partial charge in [0.1, 0.15) is 11.5 Å². The first kappa shape index (κ1) is 18.1. The quantitative estimate of drug-likeness (QED) is 0.806. The molecule has 1 aliphatic heterocycles. The molecule has 2 aromatic rings. The predicted molar refractivity (Wildman–Crippen MR) is 99.9 cm³/mol. The summed E-state index contributed by atoms with van der Waals surface area (Å²) in [5.41, 5.74) is 1.39. The lowest BCUT2D eigenvalue weighted by Gasteiger charge is -2.36. The number of nitrogens with zero attached hydrogens (tertiary/aromatic N) is 4. The van der Waals surface area contributed by atoms with Gasteiger partial charge in [0.15, 0.2) is 0 Å². The van der Waals surface area contributed by atoms with Crippen LogP contribution in [0.2, 0.25) is 0 Å². The van der Waals surface area contributed by atoms with Crippen LogP contribution in [0.5, 0.6) is 0 Å². The van der Waals surface area contributed by atoms with Crippen LogP contribution in [0.4, 0.5) is 16.0 Å². The number of benzene rings is 1. The molecule has 1 aromatic heterocycles. The average Bonchev–Trinajstić information content (AvgIpc) is 2.69. The molecule has 1 aromatic carbocycles. The van der Waals surface area contributed by atoms with E-state index >= 15 is 0 Å². The van der Waals surface area contributed by atoms with E-state index in [1.54, 1.807) is 29.3 Å². The summed E-state index contributed by atoms with van der Waals surface area (Å²) in [5.74, 6) is 0.175. The number of carbonyl (C=O) groups is 1. The van der Waals surface area contributed by atoms with Crippen LogP contribution in [0.1, 0.15) is 30.3 Å². The van der Waals surface area contributed by atoms with Crippen molar-refractivity contribution in [1.82, 2.24) is 14.9 Å². The number of halogens is 1. The standard InChI is InChI=1S/C19H24FN5O/c1-2-3-9-21-19-22-10-8-17(23-19)18(26)25-13-11-24(12-14-25)16-6-4-15(20)5-7-16/h4-8,10H,2-3,9,11-14H2,1H3,(H,21,22,23). The highest BCUT2D eigenvalue weighted by Crippen LogP contribution is 2.17. The van der Waals surface area contributed by atoms with E-state index in [4.69, 9.17) is 0 Å². The zero-order chi connectivity index (χ0) is 18.4. The first-order valence-electron chi connectivity index (χ1n) is 9.04. The van der Waals surface area contributed by atoms with Crippen LogP contribution in [0, 0.1) is 5.82 Å². The Kier molecular flexibility index (Phi) is 5.99. The second kappa shape index (κ2) is 8.60. The summed E-state index contributed by atoms with van der Waals surface area (Å²) in [6, 6.07) is 8.11. The number of carbonyl (C=O) groups excluding carboxylic acids is 1. The minimum Gasteiger partial charge on any atom is -0.368 e. The molecule has 3 rings (SSSR count). The minimum absolute atomic E-state index is 0.0790. The molecule has 0 radical (unpaired) electrons. The Labute approximate surface area is 153 Å². The van der Waals surface area contributed by atoms with E-state index in [1.165, 1.54) is 12.1 Å². The van der Waals surface area contributed by atoms with Crippen LogP contribution in [-0.2, 0) is 0 Å². The van der Waals surface area contributed by atoms with Gasteiger partial charge in [-0.2, -0.15) is 0 Å². The van der Waals surface area contributed by atoms with Gasteiger partial charge in [-0.25, -0.2) is 14.4 Å². The third kappa shape index (κ3) is 4.47. The Balaban J connectivity index is 1.58. The summed E-state index contributed by atoms with van der Waals surface area (Å²) in [4.78, 5) is 25.2. The second-order valence-corrected chi connectivity index (χ2v) is 6.30. The lowest BCUT2D eigenvalue weighted by atomic mass is 10.2. The number of amides is 1. The molecule has 7 heteroatoms. The lowest BCUT2D eigenvalue weighted by Crippen LogP contribution is -2.49. The zero-order valence-electron chi connectivity index (χ0n) is 15.0. The van der Waals surface area contributed by atoms with Crippen molar-refractivity contribution in [2.75, 3.05) is 42.9 Å². The Morgan fingerprint density at radius 2 is 1.88 bits per heavy atom. The van der Waals surface area contributed by atoms with Crippen LogP contribution in [0.25, 0.3) is 0 Å². The summed E-state index contributed by atoms with van der Waals surface area (Å²) in [6.07, 6.45) is 3.74. The number of hydrogen-bond donors (Lipinski definition) is 1. The van der Waals surface area contributed by atoms with Gasteiger partial charge in [-0.15, -0.1) is 0 Å². The van der Waals surface area contributed by atoms with Gasteiger partial charge in [-0.1, -0.05) is 13.3 Å². The third-order valence-electron chi connectivity index (χ3n) is 4.45. The summed E-state index contributed by atoms with van der Waals surface area (Å²) in [7, 11) is 0. The van der Waals surface area contributed by atoms with Crippen LogP contribution < -0.4 is 10.2 Å². The van der Waals surface area contributed by atoms with E-state index in [9.17, 15) is 9.18 Å². The van der Waals surface area contributed by atoms with Crippen molar-refractivity contribution in [3.8, 4) is 0 Å². The highest BCUT2D eigenvalue weighted by molar-refractivity contribution is 5.92. The molecule has 0 bridgehead atoms. The highest BCUT2D eigenvalue weighted by atomic mass is 19.1. The molecule has 1 fully saturated rings. The van der Waals surface area contributed by atoms with Crippen LogP contribution in [-0.4, -0.2) is 53.5 Å². The normalized spacial score (nSPS) is 14.4. The molecule has 26 heavy (non-hydrogen) atoms. The number of piperazine rings is 1. The predicted octanol–water partition coefficient (Wildman–Crippen LogP) is 2.79. The van der Waals surface area contributed by atoms with Gasteiger partial charge in [-0.3, -0.25) is 4.79 Å². The maximum atomic E-state index is 13.1. The highest BCUT2D eigenvalue weighted by Gasteiger charge is 2.23. The molecule has 1 N–H and O–H groups in total. The van der Waals surface area contributed by atoms with Gasteiger partial charge in [-0.05, 0) is 36.8 Å². The van der Waals surface area contributed by atoms with E-state index in [0.717, 1.165) is 25.1 Å². The molecule has 0 saturated carbocycles. The molecule has 138 valence electrons. The molecule has 0 unspecified atom stereocenters. The smallest absolute Gasteiger partial charge is 0.272 e. The summed E-state index contributed by atoms with van der Waals surface area (Å²) < 4.78 is 13.1. The molecule has 6 nitrogen and oxygen atoms in total. The first-order chi connectivity index (χ1) is 12.7. The number of aromatic nitrogens is 2. The van der Waals surface area contributed by atoms with Gasteiger partial charge in [0.2, 0.25) is 5.95 Å². The number of unbranched alkanes of at least 4 members (excludes halogenated alkanes) is 1. The van der Waals surface area contributed by atoms with Gasteiger partial charge < -0.3 is 15.1 Å². The number of nitrogens with one attached hydrogen (secondary N) is 1. The molecular formula is C19H24FN5O. The zero-order valence-corrected chi connectivity index (χ0v) is 15.0. The lowest BCUT2D eigenvalue weighted by molar-refractivity contribution is 0.0741. The second-order valence-electron chi connectivity index (χ2n) is 6.30. The largest absolute Gasteiger partial charge is 0.368 e. The van der Waals surface area contributed by atoms with Gasteiger partial charge in [0, 0.05) is 44.6 Å². The van der Waals surface area contributed by atoms with Crippen molar-refractivity contribution < 1.29 is 9.18 Å².